The first-order valence-electron chi connectivity index (χ1n) is 5.92. The van der Waals surface area contributed by atoms with Crippen molar-refractivity contribution in [3.05, 3.63) is 18.1 Å². The molecule has 0 aromatic carbocycles. The van der Waals surface area contributed by atoms with E-state index in [0.717, 1.165) is 0 Å². The van der Waals surface area contributed by atoms with Gasteiger partial charge in [0.15, 0.2) is 17.3 Å². The van der Waals surface area contributed by atoms with Crippen molar-refractivity contribution >= 4 is 21.7 Å². The first-order valence-corrected chi connectivity index (χ1v) is 7.77. The fraction of sp³-hybridized carbons (Fsp3) is 0.500. The summed E-state index contributed by atoms with van der Waals surface area (Å²) in [5, 5.41) is 11.7. The van der Waals surface area contributed by atoms with Crippen molar-refractivity contribution in [2.75, 3.05) is 37.3 Å². The van der Waals surface area contributed by atoms with Crippen molar-refractivity contribution in [3.8, 4) is 0 Å². The third-order valence-corrected chi connectivity index (χ3v) is 4.34. The number of oxime groups is 1. The van der Waals surface area contributed by atoms with Gasteiger partial charge < -0.3 is 15.8 Å². The number of piperazine rings is 1. The lowest BCUT2D eigenvalue weighted by molar-refractivity contribution is 0.318. The molecule has 20 heavy (non-hydrogen) atoms. The average molecular weight is 300 g/mol. The highest BCUT2D eigenvalue weighted by Gasteiger charge is 2.26. The maximum absolute atomic E-state index is 11.5. The Morgan fingerprint density at radius 2 is 1.90 bits per heavy atom. The highest BCUT2D eigenvalue weighted by Crippen LogP contribution is 2.17. The van der Waals surface area contributed by atoms with Gasteiger partial charge in [-0.05, 0) is 0 Å². The smallest absolute Gasteiger partial charge is 0.211 e. The molecule has 0 amide bonds. The number of aromatic nitrogens is 2. The number of anilines is 1. The minimum atomic E-state index is -3.18. The topological polar surface area (TPSA) is 125 Å². The summed E-state index contributed by atoms with van der Waals surface area (Å²) in [5.41, 5.74) is 5.84. The van der Waals surface area contributed by atoms with Gasteiger partial charge in [-0.3, -0.25) is 0 Å². The molecule has 0 spiro atoms. The molecule has 1 saturated heterocycles. The molecule has 1 fully saturated rings. The second-order valence-corrected chi connectivity index (χ2v) is 6.35. The number of hydrogen-bond donors (Lipinski definition) is 2. The van der Waals surface area contributed by atoms with Crippen LogP contribution in [0, 0.1) is 0 Å². The third-order valence-electron chi connectivity index (χ3n) is 3.04. The molecule has 0 saturated carbocycles. The van der Waals surface area contributed by atoms with Gasteiger partial charge in [-0.2, -0.15) is 4.31 Å². The standard InChI is InChI=1S/C10H16N6O3S/c1-20(18,19)16-6-4-15(5-7-16)10-8(9(11)14-17)12-2-3-13-10/h2-3,17H,4-7H2,1H3,(H2,11,14). The molecule has 0 bridgehead atoms. The molecule has 0 radical (unpaired) electrons. The number of nitrogens with two attached hydrogens (primary N) is 1. The summed E-state index contributed by atoms with van der Waals surface area (Å²) in [6, 6.07) is 0. The predicted octanol–water partition coefficient (Wildman–Crippen LogP) is -1.35. The highest BCUT2D eigenvalue weighted by molar-refractivity contribution is 7.88. The number of amidine groups is 1. The normalized spacial score (nSPS) is 18.2. The van der Waals surface area contributed by atoms with Crippen LogP contribution in [0.25, 0.3) is 0 Å². The van der Waals surface area contributed by atoms with Crippen LogP contribution < -0.4 is 10.6 Å². The third kappa shape index (κ3) is 2.96. The summed E-state index contributed by atoms with van der Waals surface area (Å²) in [4.78, 5) is 10.1. The van der Waals surface area contributed by atoms with E-state index in [9.17, 15) is 8.42 Å². The summed E-state index contributed by atoms with van der Waals surface area (Å²) in [6.45, 7) is 1.67. The van der Waals surface area contributed by atoms with E-state index in [1.54, 1.807) is 0 Å². The maximum Gasteiger partial charge on any atom is 0.211 e. The Morgan fingerprint density at radius 1 is 1.30 bits per heavy atom. The van der Waals surface area contributed by atoms with Gasteiger partial charge in [0.2, 0.25) is 10.0 Å². The van der Waals surface area contributed by atoms with Crippen LogP contribution in [-0.2, 0) is 10.0 Å². The lowest BCUT2D eigenvalue weighted by Crippen LogP contribution is -2.49. The van der Waals surface area contributed by atoms with Crippen molar-refractivity contribution in [3.63, 3.8) is 0 Å². The number of hydrogen-bond acceptors (Lipinski definition) is 7. The van der Waals surface area contributed by atoms with E-state index < -0.39 is 10.0 Å². The van der Waals surface area contributed by atoms with E-state index in [1.165, 1.54) is 23.0 Å². The van der Waals surface area contributed by atoms with Gasteiger partial charge in [-0.15, -0.1) is 0 Å². The Kier molecular flexibility index (Phi) is 4.04. The average Bonchev–Trinajstić information content (AvgIpc) is 2.45. The Labute approximate surface area is 116 Å². The SMILES string of the molecule is CS(=O)(=O)N1CCN(c2nccnc2C(N)=NO)CC1. The summed E-state index contributed by atoms with van der Waals surface area (Å²) in [7, 11) is -3.18. The van der Waals surface area contributed by atoms with Crippen LogP contribution in [0.5, 0.6) is 0 Å². The monoisotopic (exact) mass is 300 g/mol. The molecular formula is C10H16N6O3S. The van der Waals surface area contributed by atoms with Gasteiger partial charge in [0.25, 0.3) is 0 Å². The fourth-order valence-electron chi connectivity index (χ4n) is 2.02. The summed E-state index contributed by atoms with van der Waals surface area (Å²) in [5.74, 6) is 0.356. The lowest BCUT2D eigenvalue weighted by atomic mass is 10.3. The zero-order valence-electron chi connectivity index (χ0n) is 11.0. The van der Waals surface area contributed by atoms with Crippen LogP contribution in [-0.4, -0.2) is 66.2 Å². The molecule has 0 unspecified atom stereocenters. The molecule has 2 rings (SSSR count). The predicted molar refractivity (Wildman–Crippen MR) is 73.2 cm³/mol. The van der Waals surface area contributed by atoms with Crippen molar-refractivity contribution in [1.82, 2.24) is 14.3 Å². The van der Waals surface area contributed by atoms with Crippen molar-refractivity contribution < 1.29 is 13.6 Å². The molecule has 1 aliphatic rings. The van der Waals surface area contributed by atoms with Crippen LogP contribution in [0.15, 0.2) is 17.5 Å². The molecule has 9 nitrogen and oxygen atoms in total. The quantitative estimate of drug-likeness (QED) is 0.306. The molecular weight excluding hydrogens is 284 g/mol. The fourth-order valence-corrected chi connectivity index (χ4v) is 2.85. The van der Waals surface area contributed by atoms with Crippen molar-refractivity contribution in [2.24, 2.45) is 10.9 Å². The number of sulfonamides is 1. The molecule has 1 aromatic rings. The van der Waals surface area contributed by atoms with E-state index >= 15 is 0 Å². The first kappa shape index (κ1) is 14.5. The minimum absolute atomic E-state index is 0.126. The van der Waals surface area contributed by atoms with Crippen molar-refractivity contribution in [2.45, 2.75) is 0 Å². The van der Waals surface area contributed by atoms with E-state index in [0.29, 0.717) is 32.0 Å². The van der Waals surface area contributed by atoms with E-state index in [1.807, 2.05) is 4.90 Å². The van der Waals surface area contributed by atoms with E-state index in [4.69, 9.17) is 10.9 Å². The molecule has 0 aliphatic carbocycles. The van der Waals surface area contributed by atoms with Gasteiger partial charge >= 0.3 is 0 Å². The molecule has 10 heteroatoms. The van der Waals surface area contributed by atoms with Crippen LogP contribution in [0.2, 0.25) is 0 Å². The molecule has 3 N–H and O–H groups in total. The largest absolute Gasteiger partial charge is 0.409 e. The second-order valence-electron chi connectivity index (χ2n) is 4.36. The zero-order valence-corrected chi connectivity index (χ0v) is 11.8. The van der Waals surface area contributed by atoms with Gasteiger partial charge in [-0.25, -0.2) is 18.4 Å². The highest BCUT2D eigenvalue weighted by atomic mass is 32.2. The van der Waals surface area contributed by atoms with Gasteiger partial charge in [0.05, 0.1) is 6.26 Å². The Morgan fingerprint density at radius 3 is 2.45 bits per heavy atom. The number of nitrogens with zero attached hydrogens (tertiary/aromatic N) is 5. The lowest BCUT2D eigenvalue weighted by Gasteiger charge is -2.34. The van der Waals surface area contributed by atoms with Gasteiger partial charge in [-0.1, -0.05) is 5.16 Å². The van der Waals surface area contributed by atoms with Crippen molar-refractivity contribution in [1.29, 1.82) is 0 Å². The summed E-state index contributed by atoms with van der Waals surface area (Å²) >= 11 is 0. The Hall–Kier alpha value is -1.94. The molecule has 1 aromatic heterocycles. The molecule has 110 valence electrons. The molecule has 0 atom stereocenters. The number of rotatable bonds is 3. The van der Waals surface area contributed by atoms with Crippen LogP contribution >= 0.6 is 0 Å². The molecule has 2 heterocycles. The van der Waals surface area contributed by atoms with Crippen LogP contribution in [0.3, 0.4) is 0 Å². The van der Waals surface area contributed by atoms with E-state index in [-0.39, 0.29) is 11.5 Å². The van der Waals surface area contributed by atoms with Crippen LogP contribution in [0.4, 0.5) is 5.82 Å². The Bertz CT molecular complexity index is 609. The Balaban J connectivity index is 2.20. The summed E-state index contributed by atoms with van der Waals surface area (Å²) in [6.07, 6.45) is 4.14. The molecule has 1 aliphatic heterocycles. The first-order chi connectivity index (χ1) is 9.43. The second kappa shape index (κ2) is 5.59. The minimum Gasteiger partial charge on any atom is -0.409 e. The maximum atomic E-state index is 11.5. The zero-order chi connectivity index (χ0) is 14.8. The van der Waals surface area contributed by atoms with Gasteiger partial charge in [0, 0.05) is 38.6 Å². The van der Waals surface area contributed by atoms with E-state index in [2.05, 4.69) is 15.1 Å². The summed E-state index contributed by atoms with van der Waals surface area (Å²) < 4.78 is 24.3. The van der Waals surface area contributed by atoms with Gasteiger partial charge in [0.1, 0.15) is 0 Å². The van der Waals surface area contributed by atoms with Crippen LogP contribution in [0.1, 0.15) is 5.69 Å².